The monoisotopic (exact) mass is 741 g/mol. The van der Waals surface area contributed by atoms with Gasteiger partial charge in [0.25, 0.3) is 5.91 Å². The number of rotatable bonds is 15. The molecule has 3 aliphatic heterocycles. The SMILES string of the molecule is C=CCCC(=O)OC[C@@H](NC(=O)[C@@H]1[C@H]2O[C@@]3(CC2Br)[C@H](C(=O)N(CC=C)c2ccc(Cl)cc2)N([C@@H](CC)CO)C(=O)[C@@H]13)c1ccccc1. The molecule has 256 valence electrons. The van der Waals surface area contributed by atoms with Gasteiger partial charge in [0, 0.05) is 28.5 Å². The van der Waals surface area contributed by atoms with Crippen molar-refractivity contribution >= 4 is 56.9 Å². The zero-order valence-corrected chi connectivity index (χ0v) is 29.1. The summed E-state index contributed by atoms with van der Waals surface area (Å²) in [6.07, 6.45) is 3.82. The van der Waals surface area contributed by atoms with Crippen molar-refractivity contribution in [1.29, 1.82) is 0 Å². The number of aliphatic hydroxyl groups excluding tert-OH is 1. The Kier molecular flexibility index (Phi) is 11.5. The van der Waals surface area contributed by atoms with E-state index in [2.05, 4.69) is 34.4 Å². The van der Waals surface area contributed by atoms with Gasteiger partial charge in [0.15, 0.2) is 0 Å². The smallest absolute Gasteiger partial charge is 0.306 e. The van der Waals surface area contributed by atoms with Crippen molar-refractivity contribution in [3.05, 3.63) is 90.5 Å². The molecule has 3 fully saturated rings. The summed E-state index contributed by atoms with van der Waals surface area (Å²) in [6.45, 7) is 8.97. The van der Waals surface area contributed by atoms with Crippen molar-refractivity contribution in [3.8, 4) is 0 Å². The number of esters is 1. The van der Waals surface area contributed by atoms with Crippen LogP contribution in [-0.2, 0) is 28.7 Å². The van der Waals surface area contributed by atoms with Gasteiger partial charge in [0.2, 0.25) is 11.8 Å². The van der Waals surface area contributed by atoms with Crippen molar-refractivity contribution in [1.82, 2.24) is 10.2 Å². The number of likely N-dealkylation sites (tertiary alicyclic amines) is 1. The molecule has 3 saturated heterocycles. The molecule has 0 aliphatic carbocycles. The molecular weight excluding hydrogens is 702 g/mol. The first-order valence-electron chi connectivity index (χ1n) is 16.2. The van der Waals surface area contributed by atoms with Gasteiger partial charge in [0.1, 0.15) is 18.2 Å². The molecule has 10 nitrogen and oxygen atoms in total. The highest BCUT2D eigenvalue weighted by molar-refractivity contribution is 9.09. The Morgan fingerprint density at radius 3 is 2.52 bits per heavy atom. The molecule has 1 spiro atoms. The number of nitrogens with one attached hydrogen (secondary N) is 1. The van der Waals surface area contributed by atoms with Gasteiger partial charge in [-0.1, -0.05) is 76.9 Å². The average molecular weight is 743 g/mol. The number of anilines is 1. The van der Waals surface area contributed by atoms with Crippen molar-refractivity contribution < 1.29 is 33.8 Å². The third-order valence-electron chi connectivity index (χ3n) is 9.54. The highest BCUT2D eigenvalue weighted by atomic mass is 79.9. The number of nitrogens with zero attached hydrogens (tertiary/aromatic N) is 2. The zero-order chi connectivity index (χ0) is 34.6. The maximum Gasteiger partial charge on any atom is 0.306 e. The second-order valence-electron chi connectivity index (χ2n) is 12.3. The summed E-state index contributed by atoms with van der Waals surface area (Å²) in [5.74, 6) is -3.65. The van der Waals surface area contributed by atoms with Gasteiger partial charge < -0.3 is 29.7 Å². The Labute approximate surface area is 294 Å². The average Bonchev–Trinajstić information content (AvgIpc) is 3.69. The largest absolute Gasteiger partial charge is 0.463 e. The van der Waals surface area contributed by atoms with Crippen LogP contribution < -0.4 is 10.2 Å². The van der Waals surface area contributed by atoms with Crippen molar-refractivity contribution in [3.63, 3.8) is 0 Å². The lowest BCUT2D eigenvalue weighted by Gasteiger charge is -2.39. The second kappa shape index (κ2) is 15.4. The van der Waals surface area contributed by atoms with E-state index < -0.39 is 65.4 Å². The van der Waals surface area contributed by atoms with E-state index in [1.165, 1.54) is 9.80 Å². The molecule has 0 radical (unpaired) electrons. The van der Waals surface area contributed by atoms with E-state index in [1.54, 1.807) is 36.4 Å². The Bertz CT molecular complexity index is 1520. The molecule has 0 aromatic heterocycles. The number of halogens is 2. The first-order valence-corrected chi connectivity index (χ1v) is 17.5. The second-order valence-corrected chi connectivity index (χ2v) is 14.0. The van der Waals surface area contributed by atoms with Gasteiger partial charge >= 0.3 is 5.97 Å². The van der Waals surface area contributed by atoms with Crippen molar-refractivity contribution in [2.45, 2.75) is 67.3 Å². The number of hydrogen-bond donors (Lipinski definition) is 2. The van der Waals surface area contributed by atoms with Gasteiger partial charge in [0.05, 0.1) is 36.6 Å². The predicted octanol–water partition coefficient (Wildman–Crippen LogP) is 4.74. The number of allylic oxidation sites excluding steroid dienone is 1. The molecule has 2 aromatic carbocycles. The van der Waals surface area contributed by atoms with Crippen LogP contribution in [0, 0.1) is 11.8 Å². The number of hydrogen-bond acceptors (Lipinski definition) is 7. The molecule has 3 heterocycles. The van der Waals surface area contributed by atoms with Crippen LogP contribution in [0.5, 0.6) is 0 Å². The minimum absolute atomic E-state index is 0.112. The Balaban J connectivity index is 1.50. The van der Waals surface area contributed by atoms with Gasteiger partial charge in [-0.25, -0.2) is 0 Å². The molecule has 48 heavy (non-hydrogen) atoms. The summed E-state index contributed by atoms with van der Waals surface area (Å²) in [7, 11) is 0. The van der Waals surface area contributed by atoms with Crippen molar-refractivity contribution in [2.24, 2.45) is 11.8 Å². The van der Waals surface area contributed by atoms with E-state index in [-0.39, 0.29) is 31.0 Å². The molecule has 8 atom stereocenters. The van der Waals surface area contributed by atoms with Gasteiger partial charge in [-0.15, -0.1) is 13.2 Å². The molecule has 3 aliphatic rings. The number of carbonyl (C=O) groups is 4. The number of amides is 3. The third-order valence-corrected chi connectivity index (χ3v) is 10.6. The zero-order valence-electron chi connectivity index (χ0n) is 26.8. The van der Waals surface area contributed by atoms with E-state index in [4.69, 9.17) is 21.1 Å². The highest BCUT2D eigenvalue weighted by Crippen LogP contribution is 2.60. The van der Waals surface area contributed by atoms with E-state index in [9.17, 15) is 24.3 Å². The van der Waals surface area contributed by atoms with Crippen LogP contribution in [-0.4, -0.2) is 82.1 Å². The first-order chi connectivity index (χ1) is 23.1. The lowest BCUT2D eigenvalue weighted by atomic mass is 9.70. The summed E-state index contributed by atoms with van der Waals surface area (Å²) in [5, 5.41) is 14.0. The number of ether oxygens (including phenoxy) is 2. The normalized spacial score (nSPS) is 26.8. The molecule has 5 rings (SSSR count). The fourth-order valence-electron chi connectivity index (χ4n) is 7.32. The molecule has 2 aromatic rings. The Hall–Kier alpha value is -3.51. The standard InChI is InChI=1S/C36H41BrClN3O7/c1-4-7-13-28(43)47-21-27(22-11-9-8-10-12-22)39-33(44)29-30-34(45)41(24(6-3)20-42)32(36(30)19-26(37)31(29)48-36)35(46)40(18-5-2)25-16-14-23(38)15-17-25/h4-5,8-12,14-17,24,26-27,29-32,42H,1-2,6-7,13,18-21H2,3H3,(H,39,44)/t24-,26?,27+,29-,30+,31-,32-,36+/m0/s1. The molecule has 2 bridgehead atoms. The molecule has 3 amide bonds. The fraction of sp³-hybridized carbons (Fsp3) is 0.444. The first kappa shape index (κ1) is 35.8. The quantitative estimate of drug-likeness (QED) is 0.154. The molecule has 2 N–H and O–H groups in total. The minimum atomic E-state index is -1.34. The van der Waals surface area contributed by atoms with Crippen LogP contribution in [0.3, 0.4) is 0 Å². The lowest BCUT2D eigenvalue weighted by Crippen LogP contribution is -2.59. The van der Waals surface area contributed by atoms with Gasteiger partial charge in [-0.05, 0) is 49.1 Å². The summed E-state index contributed by atoms with van der Waals surface area (Å²) in [4.78, 5) is 58.6. The summed E-state index contributed by atoms with van der Waals surface area (Å²) in [5.41, 5.74) is -0.0689. The van der Waals surface area contributed by atoms with Crippen LogP contribution in [0.15, 0.2) is 79.9 Å². The van der Waals surface area contributed by atoms with E-state index >= 15 is 0 Å². The summed E-state index contributed by atoms with van der Waals surface area (Å²) in [6, 6.07) is 13.4. The third kappa shape index (κ3) is 6.70. The maximum absolute atomic E-state index is 14.7. The lowest BCUT2D eigenvalue weighted by molar-refractivity contribution is -0.146. The molecule has 1 unspecified atom stereocenters. The van der Waals surface area contributed by atoms with Crippen LogP contribution in [0.1, 0.15) is 44.2 Å². The Morgan fingerprint density at radius 1 is 1.19 bits per heavy atom. The van der Waals surface area contributed by atoms with Gasteiger partial charge in [-0.2, -0.15) is 0 Å². The molecule has 12 heteroatoms. The maximum atomic E-state index is 14.7. The van der Waals surface area contributed by atoms with Crippen LogP contribution in [0.2, 0.25) is 5.02 Å². The van der Waals surface area contributed by atoms with Crippen LogP contribution >= 0.6 is 27.5 Å². The molecule has 0 saturated carbocycles. The van der Waals surface area contributed by atoms with Crippen LogP contribution in [0.25, 0.3) is 0 Å². The van der Waals surface area contributed by atoms with E-state index in [0.29, 0.717) is 30.0 Å². The van der Waals surface area contributed by atoms with E-state index in [0.717, 1.165) is 5.56 Å². The van der Waals surface area contributed by atoms with Gasteiger partial charge in [-0.3, -0.25) is 19.2 Å². The summed E-state index contributed by atoms with van der Waals surface area (Å²) < 4.78 is 12.2. The minimum Gasteiger partial charge on any atom is -0.463 e. The predicted molar refractivity (Wildman–Crippen MR) is 185 cm³/mol. The number of alkyl halides is 1. The topological polar surface area (TPSA) is 125 Å². The molecular formula is C36H41BrClN3O7. The number of aliphatic hydroxyl groups is 1. The summed E-state index contributed by atoms with van der Waals surface area (Å²) >= 11 is 9.85. The number of carbonyl (C=O) groups excluding carboxylic acids is 4. The van der Waals surface area contributed by atoms with Crippen LogP contribution in [0.4, 0.5) is 5.69 Å². The fourth-order valence-corrected chi connectivity index (χ4v) is 8.39. The highest BCUT2D eigenvalue weighted by Gasteiger charge is 2.77. The Morgan fingerprint density at radius 2 is 1.90 bits per heavy atom. The number of benzene rings is 2. The van der Waals surface area contributed by atoms with Crippen molar-refractivity contribution in [2.75, 3.05) is 24.7 Å². The van der Waals surface area contributed by atoms with E-state index in [1.807, 2.05) is 37.3 Å². The number of fused-ring (bicyclic) bond motifs is 1.